The first-order chi connectivity index (χ1) is 16.8. The number of aromatic nitrogens is 2. The summed E-state index contributed by atoms with van der Waals surface area (Å²) in [4.78, 5) is 0. The van der Waals surface area contributed by atoms with Crippen molar-refractivity contribution in [1.82, 2.24) is 8.80 Å². The van der Waals surface area contributed by atoms with Crippen molar-refractivity contribution < 1.29 is 4.42 Å². The minimum absolute atomic E-state index is 0.937. The molecule has 158 valence electrons. The number of aryl methyl sites for hydroxylation is 1. The fourth-order valence-corrected chi connectivity index (χ4v) is 6.35. The Kier molecular flexibility index (Phi) is 2.77. The van der Waals surface area contributed by atoms with Crippen LogP contribution in [0.15, 0.2) is 95.4 Å². The molecular formula is C31H18N2O. The van der Waals surface area contributed by atoms with Crippen molar-refractivity contribution in [2.75, 3.05) is 0 Å². The highest BCUT2D eigenvalue weighted by Crippen LogP contribution is 2.45. The molecule has 0 saturated carbocycles. The molecule has 5 aromatic carbocycles. The second-order valence-corrected chi connectivity index (χ2v) is 9.47. The molecule has 0 aliphatic carbocycles. The van der Waals surface area contributed by atoms with Gasteiger partial charge in [0.05, 0.1) is 43.9 Å². The summed E-state index contributed by atoms with van der Waals surface area (Å²) in [6, 6.07) is 33.1. The Morgan fingerprint density at radius 2 is 1.03 bits per heavy atom. The standard InChI is InChI=1S/C31H18N2O/c1-17-10-11-19-21-13-15-27-29-28-26(34-27)14-12-20-18-6-2-3-7-22(18)32(30(20)28)23-8-4-5-9-24(23)33(31(21)29)25(19)16-17/h2-16H,1H3. The van der Waals surface area contributed by atoms with Crippen LogP contribution in [-0.2, 0) is 0 Å². The van der Waals surface area contributed by atoms with Gasteiger partial charge in [0.15, 0.2) is 0 Å². The maximum absolute atomic E-state index is 6.49. The Labute approximate surface area is 193 Å². The summed E-state index contributed by atoms with van der Waals surface area (Å²) in [7, 11) is 0. The molecule has 0 bridgehead atoms. The summed E-state index contributed by atoms with van der Waals surface area (Å²) in [6.07, 6.45) is 0. The van der Waals surface area contributed by atoms with Gasteiger partial charge in [-0.25, -0.2) is 0 Å². The van der Waals surface area contributed by atoms with E-state index in [0.29, 0.717) is 0 Å². The monoisotopic (exact) mass is 434 g/mol. The number of hydrogen-bond donors (Lipinski definition) is 0. The lowest BCUT2D eigenvalue weighted by molar-refractivity contribution is 0.669. The largest absolute Gasteiger partial charge is 0.456 e. The average molecular weight is 434 g/mol. The van der Waals surface area contributed by atoms with Crippen molar-refractivity contribution in [2.45, 2.75) is 6.92 Å². The first-order valence-corrected chi connectivity index (χ1v) is 11.7. The van der Waals surface area contributed by atoms with Gasteiger partial charge in [-0.1, -0.05) is 42.5 Å². The maximum Gasteiger partial charge on any atom is 0.137 e. The lowest BCUT2D eigenvalue weighted by atomic mass is 10.0. The van der Waals surface area contributed by atoms with Crippen molar-refractivity contribution >= 4 is 76.6 Å². The van der Waals surface area contributed by atoms with Crippen LogP contribution in [0.1, 0.15) is 5.56 Å². The molecule has 4 aromatic heterocycles. The van der Waals surface area contributed by atoms with Gasteiger partial charge in [0, 0.05) is 21.5 Å². The average Bonchev–Trinajstić information content (AvgIpc) is 3.49. The summed E-state index contributed by atoms with van der Waals surface area (Å²) in [6.45, 7) is 2.17. The Hall–Kier alpha value is -4.50. The summed E-state index contributed by atoms with van der Waals surface area (Å²) in [5.74, 6) is 0. The predicted molar refractivity (Wildman–Crippen MR) is 142 cm³/mol. The van der Waals surface area contributed by atoms with Crippen LogP contribution in [0.4, 0.5) is 0 Å². The molecule has 34 heavy (non-hydrogen) atoms. The molecule has 0 radical (unpaired) electrons. The lowest BCUT2D eigenvalue weighted by Crippen LogP contribution is -1.94. The van der Waals surface area contributed by atoms with Gasteiger partial charge in [-0.3, -0.25) is 0 Å². The zero-order valence-corrected chi connectivity index (χ0v) is 18.5. The van der Waals surface area contributed by atoms with E-state index < -0.39 is 0 Å². The molecular weight excluding hydrogens is 416 g/mol. The first kappa shape index (κ1) is 17.0. The summed E-state index contributed by atoms with van der Waals surface area (Å²) < 4.78 is 11.4. The van der Waals surface area contributed by atoms with Gasteiger partial charge in [-0.2, -0.15) is 0 Å². The molecule has 3 nitrogen and oxygen atoms in total. The maximum atomic E-state index is 6.49. The van der Waals surface area contributed by atoms with E-state index in [4.69, 9.17) is 4.42 Å². The van der Waals surface area contributed by atoms with Crippen LogP contribution in [0.25, 0.3) is 76.6 Å². The smallest absolute Gasteiger partial charge is 0.137 e. The third-order valence-electron chi connectivity index (χ3n) is 7.68. The molecule has 0 spiro atoms. The number of rotatable bonds is 0. The quantitative estimate of drug-likeness (QED) is 0.235. The third-order valence-corrected chi connectivity index (χ3v) is 7.68. The topological polar surface area (TPSA) is 22.0 Å². The van der Waals surface area contributed by atoms with Crippen molar-refractivity contribution in [1.29, 1.82) is 0 Å². The number of para-hydroxylation sites is 3. The molecule has 0 unspecified atom stereocenters. The van der Waals surface area contributed by atoms with Gasteiger partial charge in [0.25, 0.3) is 0 Å². The van der Waals surface area contributed by atoms with Gasteiger partial charge in [0.1, 0.15) is 11.2 Å². The summed E-state index contributed by atoms with van der Waals surface area (Å²) in [5, 5.41) is 7.47. The minimum atomic E-state index is 0.937. The number of benzene rings is 5. The second-order valence-electron chi connectivity index (χ2n) is 9.47. The molecule has 0 aliphatic heterocycles. The van der Waals surface area contributed by atoms with E-state index in [2.05, 4.69) is 107 Å². The molecule has 0 fully saturated rings. The number of nitrogens with zero attached hydrogens (tertiary/aromatic N) is 2. The van der Waals surface area contributed by atoms with E-state index in [1.807, 2.05) is 0 Å². The number of furan rings is 1. The molecule has 0 atom stereocenters. The summed E-state index contributed by atoms with van der Waals surface area (Å²) >= 11 is 0. The van der Waals surface area contributed by atoms with Crippen LogP contribution < -0.4 is 0 Å². The molecule has 3 heteroatoms. The molecule has 4 heterocycles. The van der Waals surface area contributed by atoms with E-state index in [9.17, 15) is 0 Å². The zero-order chi connectivity index (χ0) is 22.1. The molecule has 0 aliphatic rings. The first-order valence-electron chi connectivity index (χ1n) is 11.7. The van der Waals surface area contributed by atoms with Crippen LogP contribution >= 0.6 is 0 Å². The normalized spacial score (nSPS) is 12.9. The van der Waals surface area contributed by atoms with Gasteiger partial charge in [-0.05, 0) is 61.0 Å². The zero-order valence-electron chi connectivity index (χ0n) is 18.5. The van der Waals surface area contributed by atoms with Crippen molar-refractivity contribution in [3.05, 3.63) is 96.6 Å². The third kappa shape index (κ3) is 1.77. The van der Waals surface area contributed by atoms with E-state index >= 15 is 0 Å². The van der Waals surface area contributed by atoms with Crippen LogP contribution in [-0.4, -0.2) is 8.80 Å². The number of hydrogen-bond acceptors (Lipinski definition) is 1. The van der Waals surface area contributed by atoms with E-state index in [0.717, 1.165) is 11.2 Å². The highest BCUT2D eigenvalue weighted by molar-refractivity contribution is 6.32. The fraction of sp³-hybridized carbons (Fsp3) is 0.0323. The highest BCUT2D eigenvalue weighted by atomic mass is 16.3. The molecule has 0 saturated heterocycles. The van der Waals surface area contributed by atoms with Gasteiger partial charge >= 0.3 is 0 Å². The van der Waals surface area contributed by atoms with Gasteiger partial charge < -0.3 is 13.2 Å². The Bertz CT molecular complexity index is 2290. The van der Waals surface area contributed by atoms with Crippen LogP contribution in [0.5, 0.6) is 0 Å². The highest BCUT2D eigenvalue weighted by Gasteiger charge is 2.23. The van der Waals surface area contributed by atoms with Crippen LogP contribution in [0, 0.1) is 6.92 Å². The minimum Gasteiger partial charge on any atom is -0.456 e. The van der Waals surface area contributed by atoms with E-state index in [1.165, 1.54) is 71.0 Å². The van der Waals surface area contributed by atoms with Crippen LogP contribution in [0.2, 0.25) is 0 Å². The molecule has 0 N–H and O–H groups in total. The van der Waals surface area contributed by atoms with Gasteiger partial charge in [-0.15, -0.1) is 0 Å². The second kappa shape index (κ2) is 5.52. The Balaban J connectivity index is 1.83. The Morgan fingerprint density at radius 3 is 1.71 bits per heavy atom. The summed E-state index contributed by atoms with van der Waals surface area (Å²) in [5.41, 5.74) is 10.4. The van der Waals surface area contributed by atoms with Crippen molar-refractivity contribution in [3.63, 3.8) is 0 Å². The van der Waals surface area contributed by atoms with Crippen molar-refractivity contribution in [3.8, 4) is 0 Å². The van der Waals surface area contributed by atoms with Gasteiger partial charge in [0.2, 0.25) is 0 Å². The van der Waals surface area contributed by atoms with Crippen molar-refractivity contribution in [2.24, 2.45) is 0 Å². The van der Waals surface area contributed by atoms with Crippen LogP contribution in [0.3, 0.4) is 0 Å². The SMILES string of the molecule is Cc1ccc2c3ccc4oc5ccc6c7ccccc7n7c8ccccc8n(c2c1)c3c4c5c67. The number of fused-ring (bicyclic) bond motifs is 9. The molecule has 9 rings (SSSR count). The molecule has 9 aromatic rings. The predicted octanol–water partition coefficient (Wildman–Crippen LogP) is 8.45. The van der Waals surface area contributed by atoms with E-state index in [-0.39, 0.29) is 0 Å². The fourth-order valence-electron chi connectivity index (χ4n) is 6.35. The van der Waals surface area contributed by atoms with E-state index in [1.54, 1.807) is 0 Å². The Morgan fingerprint density at radius 1 is 0.500 bits per heavy atom. The lowest BCUT2D eigenvalue weighted by Gasteiger charge is -2.09. The molecule has 0 amide bonds.